The van der Waals surface area contributed by atoms with Crippen molar-refractivity contribution in [2.24, 2.45) is 0 Å². The average Bonchev–Trinajstić information content (AvgIpc) is 2.28. The Morgan fingerprint density at radius 3 is 1.31 bits per heavy atom. The van der Waals surface area contributed by atoms with Crippen molar-refractivity contribution in [2.45, 2.75) is 20.8 Å². The topological polar surface area (TPSA) is 51.6 Å². The fourth-order valence-electron chi connectivity index (χ4n) is 0.868. The van der Waals surface area contributed by atoms with Gasteiger partial charge in [0.05, 0.1) is 17.1 Å². The van der Waals surface area contributed by atoms with Crippen LogP contribution in [0.15, 0.2) is 24.8 Å². The van der Waals surface area contributed by atoms with Crippen LogP contribution in [-0.4, -0.2) is 19.9 Å². The third-order valence-corrected chi connectivity index (χ3v) is 2.32. The molecule has 0 spiro atoms. The summed E-state index contributed by atoms with van der Waals surface area (Å²) >= 11 is 5.54. The molecule has 16 heavy (non-hydrogen) atoms. The SMILES string of the molecule is Cc1nccnc1C.Cc1nccnc1Cl. The van der Waals surface area contributed by atoms with Crippen LogP contribution in [0.3, 0.4) is 0 Å². The zero-order chi connectivity index (χ0) is 12.0. The molecule has 0 atom stereocenters. The van der Waals surface area contributed by atoms with E-state index in [2.05, 4.69) is 19.9 Å². The van der Waals surface area contributed by atoms with E-state index in [0.29, 0.717) is 5.15 Å². The van der Waals surface area contributed by atoms with E-state index in [1.807, 2.05) is 20.8 Å². The van der Waals surface area contributed by atoms with Gasteiger partial charge in [-0.2, -0.15) is 0 Å². The van der Waals surface area contributed by atoms with Gasteiger partial charge in [-0.15, -0.1) is 0 Å². The first-order valence-corrected chi connectivity index (χ1v) is 5.16. The van der Waals surface area contributed by atoms with Gasteiger partial charge >= 0.3 is 0 Å². The molecule has 2 rings (SSSR count). The summed E-state index contributed by atoms with van der Waals surface area (Å²) in [6.45, 7) is 5.71. The molecule has 5 heteroatoms. The Hall–Kier alpha value is -1.55. The van der Waals surface area contributed by atoms with E-state index in [1.54, 1.807) is 24.8 Å². The summed E-state index contributed by atoms with van der Waals surface area (Å²) in [6.07, 6.45) is 6.57. The van der Waals surface area contributed by atoms with Crippen molar-refractivity contribution in [1.82, 2.24) is 19.9 Å². The summed E-state index contributed by atoms with van der Waals surface area (Å²) in [5.41, 5.74) is 2.79. The number of hydrogen-bond donors (Lipinski definition) is 0. The number of nitrogens with zero attached hydrogens (tertiary/aromatic N) is 4. The van der Waals surface area contributed by atoms with Gasteiger partial charge in [-0.05, 0) is 20.8 Å². The fraction of sp³-hybridized carbons (Fsp3) is 0.273. The third-order valence-electron chi connectivity index (χ3n) is 1.95. The molecule has 0 aliphatic heterocycles. The van der Waals surface area contributed by atoms with E-state index >= 15 is 0 Å². The number of hydrogen-bond acceptors (Lipinski definition) is 4. The first-order valence-electron chi connectivity index (χ1n) is 4.78. The summed E-state index contributed by atoms with van der Waals surface area (Å²) in [5.74, 6) is 0. The van der Waals surface area contributed by atoms with E-state index in [1.165, 1.54) is 0 Å². The maximum atomic E-state index is 5.54. The fourth-order valence-corrected chi connectivity index (χ4v) is 0.973. The lowest BCUT2D eigenvalue weighted by molar-refractivity contribution is 1.05. The van der Waals surface area contributed by atoms with Crippen LogP contribution in [0.5, 0.6) is 0 Å². The number of halogens is 1. The van der Waals surface area contributed by atoms with E-state index < -0.39 is 0 Å². The standard InChI is InChI=1S/C6H8N2.C5H5ClN2/c1-5-6(2)8-4-3-7-5;1-4-5(6)8-3-2-7-4/h3-4H,1-2H3;2-3H,1H3. The van der Waals surface area contributed by atoms with Gasteiger partial charge in [0.1, 0.15) is 5.15 Å². The molecule has 2 aromatic heterocycles. The lowest BCUT2D eigenvalue weighted by Crippen LogP contribution is -1.87. The molecular formula is C11H13ClN4. The minimum Gasteiger partial charge on any atom is -0.258 e. The molecule has 2 heterocycles. The normalized spacial score (nSPS) is 9.25. The van der Waals surface area contributed by atoms with Crippen molar-refractivity contribution in [2.75, 3.05) is 0 Å². The molecule has 0 saturated carbocycles. The van der Waals surface area contributed by atoms with Gasteiger partial charge in [0.25, 0.3) is 0 Å². The molecule has 0 bridgehead atoms. The maximum absolute atomic E-state index is 5.54. The molecule has 84 valence electrons. The molecule has 0 saturated heterocycles. The van der Waals surface area contributed by atoms with Crippen LogP contribution in [0, 0.1) is 20.8 Å². The van der Waals surface area contributed by atoms with Gasteiger partial charge in [-0.25, -0.2) is 4.98 Å². The molecule has 0 N–H and O–H groups in total. The first kappa shape index (κ1) is 12.5. The molecule has 0 aromatic carbocycles. The highest BCUT2D eigenvalue weighted by Gasteiger charge is 1.90. The largest absolute Gasteiger partial charge is 0.258 e. The second kappa shape index (κ2) is 6.12. The van der Waals surface area contributed by atoms with E-state index in [4.69, 9.17) is 11.6 Å². The van der Waals surface area contributed by atoms with Gasteiger partial charge in [-0.1, -0.05) is 11.6 Å². The predicted octanol–water partition coefficient (Wildman–Crippen LogP) is 2.53. The number of rotatable bonds is 0. The molecular weight excluding hydrogens is 224 g/mol. The van der Waals surface area contributed by atoms with E-state index in [-0.39, 0.29) is 0 Å². The Morgan fingerprint density at radius 1 is 0.688 bits per heavy atom. The van der Waals surface area contributed by atoms with Gasteiger partial charge < -0.3 is 0 Å². The highest BCUT2D eigenvalue weighted by Crippen LogP contribution is 2.04. The Bertz CT molecular complexity index is 374. The van der Waals surface area contributed by atoms with Gasteiger partial charge in [0.15, 0.2) is 0 Å². The smallest absolute Gasteiger partial charge is 0.150 e. The molecule has 0 unspecified atom stereocenters. The van der Waals surface area contributed by atoms with Gasteiger partial charge in [0.2, 0.25) is 0 Å². The minimum absolute atomic E-state index is 0.479. The quantitative estimate of drug-likeness (QED) is 0.705. The summed E-state index contributed by atoms with van der Waals surface area (Å²) < 4.78 is 0. The molecule has 0 aliphatic rings. The van der Waals surface area contributed by atoms with Crippen LogP contribution in [0.2, 0.25) is 5.15 Å². The Morgan fingerprint density at radius 2 is 1.06 bits per heavy atom. The Labute approximate surface area is 99.8 Å². The van der Waals surface area contributed by atoms with Crippen LogP contribution in [-0.2, 0) is 0 Å². The third kappa shape index (κ3) is 3.90. The highest BCUT2D eigenvalue weighted by atomic mass is 35.5. The molecule has 0 aliphatic carbocycles. The second-order valence-electron chi connectivity index (χ2n) is 3.16. The zero-order valence-corrected chi connectivity index (χ0v) is 10.2. The van der Waals surface area contributed by atoms with Crippen LogP contribution in [0.4, 0.5) is 0 Å². The van der Waals surface area contributed by atoms with Crippen LogP contribution in [0.1, 0.15) is 17.1 Å². The van der Waals surface area contributed by atoms with Gasteiger partial charge in [0, 0.05) is 24.8 Å². The molecule has 0 amide bonds. The monoisotopic (exact) mass is 236 g/mol. The van der Waals surface area contributed by atoms with Crippen molar-refractivity contribution in [3.63, 3.8) is 0 Å². The maximum Gasteiger partial charge on any atom is 0.150 e. The van der Waals surface area contributed by atoms with Gasteiger partial charge in [-0.3, -0.25) is 15.0 Å². The van der Waals surface area contributed by atoms with Crippen LogP contribution < -0.4 is 0 Å². The summed E-state index contributed by atoms with van der Waals surface area (Å²) in [4.78, 5) is 15.7. The zero-order valence-electron chi connectivity index (χ0n) is 9.48. The minimum atomic E-state index is 0.479. The van der Waals surface area contributed by atoms with Crippen molar-refractivity contribution in [3.8, 4) is 0 Å². The Kier molecular flexibility index (Phi) is 4.79. The lowest BCUT2D eigenvalue weighted by Gasteiger charge is -1.91. The van der Waals surface area contributed by atoms with Crippen LogP contribution >= 0.6 is 11.6 Å². The predicted molar refractivity (Wildman–Crippen MR) is 63.3 cm³/mol. The average molecular weight is 237 g/mol. The summed E-state index contributed by atoms with van der Waals surface area (Å²) in [6, 6.07) is 0. The Balaban J connectivity index is 0.000000160. The second-order valence-corrected chi connectivity index (χ2v) is 3.52. The molecule has 0 fully saturated rings. The van der Waals surface area contributed by atoms with E-state index in [9.17, 15) is 0 Å². The van der Waals surface area contributed by atoms with Crippen molar-refractivity contribution >= 4 is 11.6 Å². The highest BCUT2D eigenvalue weighted by molar-refractivity contribution is 6.29. The lowest BCUT2D eigenvalue weighted by atomic mass is 10.4. The van der Waals surface area contributed by atoms with Crippen LogP contribution in [0.25, 0.3) is 0 Å². The summed E-state index contributed by atoms with van der Waals surface area (Å²) in [5, 5.41) is 0.479. The number of aryl methyl sites for hydroxylation is 3. The van der Waals surface area contributed by atoms with Crippen molar-refractivity contribution < 1.29 is 0 Å². The van der Waals surface area contributed by atoms with E-state index in [0.717, 1.165) is 17.1 Å². The summed E-state index contributed by atoms with van der Waals surface area (Å²) in [7, 11) is 0. The van der Waals surface area contributed by atoms with Crippen molar-refractivity contribution in [3.05, 3.63) is 47.0 Å². The molecule has 2 aromatic rings. The molecule has 4 nitrogen and oxygen atoms in total. The number of aromatic nitrogens is 4. The molecule has 0 radical (unpaired) electrons. The van der Waals surface area contributed by atoms with Crippen molar-refractivity contribution in [1.29, 1.82) is 0 Å². The first-order chi connectivity index (χ1) is 7.61.